The molecular formula is C16H27Cl2FN2. The van der Waals surface area contributed by atoms with Gasteiger partial charge in [0.2, 0.25) is 0 Å². The summed E-state index contributed by atoms with van der Waals surface area (Å²) in [5.41, 5.74) is 2.02. The molecule has 0 aliphatic carbocycles. The average Bonchev–Trinajstić information content (AvgIpc) is 2.35. The maximum absolute atomic E-state index is 13.9. The summed E-state index contributed by atoms with van der Waals surface area (Å²) in [7, 11) is 0. The fourth-order valence-electron chi connectivity index (χ4n) is 3.07. The van der Waals surface area contributed by atoms with E-state index in [-0.39, 0.29) is 42.1 Å². The summed E-state index contributed by atoms with van der Waals surface area (Å²) in [5.74, 6) is -0.0955. The summed E-state index contributed by atoms with van der Waals surface area (Å²) < 4.78 is 13.9. The van der Waals surface area contributed by atoms with Crippen molar-refractivity contribution in [1.82, 2.24) is 10.2 Å². The van der Waals surface area contributed by atoms with E-state index in [0.29, 0.717) is 0 Å². The molecular weight excluding hydrogens is 310 g/mol. The van der Waals surface area contributed by atoms with Gasteiger partial charge in [-0.05, 0) is 29.5 Å². The van der Waals surface area contributed by atoms with E-state index in [4.69, 9.17) is 0 Å². The molecule has 1 N–H and O–H groups in total. The molecule has 0 unspecified atom stereocenters. The van der Waals surface area contributed by atoms with Gasteiger partial charge in [-0.25, -0.2) is 4.39 Å². The predicted octanol–water partition coefficient (Wildman–Crippen LogP) is 3.97. The molecule has 0 spiro atoms. The average molecular weight is 337 g/mol. The van der Waals surface area contributed by atoms with Gasteiger partial charge in [0.15, 0.2) is 0 Å². The minimum Gasteiger partial charge on any atom is -0.314 e. The van der Waals surface area contributed by atoms with Gasteiger partial charge in [0, 0.05) is 32.2 Å². The van der Waals surface area contributed by atoms with Crippen LogP contribution < -0.4 is 5.32 Å². The summed E-state index contributed by atoms with van der Waals surface area (Å²) >= 11 is 0. The van der Waals surface area contributed by atoms with Crippen LogP contribution in [0.4, 0.5) is 4.39 Å². The highest BCUT2D eigenvalue weighted by atomic mass is 35.5. The maximum Gasteiger partial charge on any atom is 0.126 e. The molecule has 122 valence electrons. The third kappa shape index (κ3) is 4.82. The lowest BCUT2D eigenvalue weighted by molar-refractivity contribution is 0.0855. The molecule has 1 atom stereocenters. The quantitative estimate of drug-likeness (QED) is 0.878. The zero-order valence-corrected chi connectivity index (χ0v) is 14.9. The molecule has 2 rings (SSSR count). The first-order chi connectivity index (χ1) is 8.91. The monoisotopic (exact) mass is 336 g/mol. The minimum atomic E-state index is -0.0955. The van der Waals surface area contributed by atoms with E-state index in [1.165, 1.54) is 0 Å². The first kappa shape index (κ1) is 20.6. The minimum absolute atomic E-state index is 0. The molecule has 1 aliphatic rings. The molecule has 1 saturated heterocycles. The number of halogens is 3. The molecule has 1 heterocycles. The summed E-state index contributed by atoms with van der Waals surface area (Å²) in [6, 6.07) is 5.73. The second-order valence-electron chi connectivity index (χ2n) is 6.51. The Morgan fingerprint density at radius 1 is 1.14 bits per heavy atom. The third-order valence-electron chi connectivity index (χ3n) is 3.94. The first-order valence-corrected chi connectivity index (χ1v) is 7.11. The van der Waals surface area contributed by atoms with Crippen molar-refractivity contribution in [3.05, 3.63) is 35.1 Å². The second-order valence-corrected chi connectivity index (χ2v) is 6.51. The second kappa shape index (κ2) is 8.33. The lowest BCUT2D eigenvalue weighted by Crippen LogP contribution is -2.48. The van der Waals surface area contributed by atoms with E-state index >= 15 is 0 Å². The first-order valence-electron chi connectivity index (χ1n) is 7.11. The highest BCUT2D eigenvalue weighted by Crippen LogP contribution is 2.39. The Hall–Kier alpha value is -0.350. The van der Waals surface area contributed by atoms with Gasteiger partial charge in [0.1, 0.15) is 5.82 Å². The van der Waals surface area contributed by atoms with E-state index in [9.17, 15) is 4.39 Å². The Morgan fingerprint density at radius 3 is 2.24 bits per heavy atom. The van der Waals surface area contributed by atoms with Crippen LogP contribution in [0.15, 0.2) is 18.2 Å². The van der Waals surface area contributed by atoms with Gasteiger partial charge in [-0.15, -0.1) is 24.8 Å². The van der Waals surface area contributed by atoms with Crippen molar-refractivity contribution in [2.45, 2.75) is 33.7 Å². The van der Waals surface area contributed by atoms with Crippen molar-refractivity contribution in [1.29, 1.82) is 0 Å². The molecule has 0 radical (unpaired) electrons. The standard InChI is InChI=1S/C16H25FN2.2ClH/c1-12-13(6-5-7-14(12)17)15(16(2,3)4)19-10-8-18-9-11-19;;/h5-7,15,18H,8-11H2,1-4H3;2*1H/t15-;;/m1../s1. The summed E-state index contributed by atoms with van der Waals surface area (Å²) in [6.45, 7) is 12.7. The normalized spacial score (nSPS) is 17.6. The van der Waals surface area contributed by atoms with Crippen molar-refractivity contribution in [2.75, 3.05) is 26.2 Å². The molecule has 21 heavy (non-hydrogen) atoms. The van der Waals surface area contributed by atoms with Crippen LogP contribution in [0.1, 0.15) is 37.9 Å². The topological polar surface area (TPSA) is 15.3 Å². The Bertz CT molecular complexity index is 440. The van der Waals surface area contributed by atoms with Crippen molar-refractivity contribution in [3.8, 4) is 0 Å². The zero-order valence-electron chi connectivity index (χ0n) is 13.3. The summed E-state index contributed by atoms with van der Waals surface area (Å²) in [6.07, 6.45) is 0. The Morgan fingerprint density at radius 2 is 1.71 bits per heavy atom. The van der Waals surface area contributed by atoms with E-state index in [1.54, 1.807) is 6.07 Å². The number of benzene rings is 1. The Balaban J connectivity index is 0.00000200. The van der Waals surface area contributed by atoms with Crippen LogP contribution in [0.25, 0.3) is 0 Å². The highest BCUT2D eigenvalue weighted by Gasteiger charge is 2.33. The van der Waals surface area contributed by atoms with Crippen LogP contribution in [-0.2, 0) is 0 Å². The van der Waals surface area contributed by atoms with Crippen LogP contribution in [0.2, 0.25) is 0 Å². The number of hydrogen-bond acceptors (Lipinski definition) is 2. The molecule has 2 nitrogen and oxygen atoms in total. The molecule has 0 bridgehead atoms. The maximum atomic E-state index is 13.9. The number of rotatable bonds is 2. The van der Waals surface area contributed by atoms with Gasteiger partial charge >= 0.3 is 0 Å². The molecule has 1 aliphatic heterocycles. The van der Waals surface area contributed by atoms with Gasteiger partial charge in [-0.3, -0.25) is 4.90 Å². The lowest BCUT2D eigenvalue weighted by Gasteiger charge is -2.43. The van der Waals surface area contributed by atoms with Gasteiger partial charge < -0.3 is 5.32 Å². The molecule has 0 aromatic heterocycles. The Kier molecular flexibility index (Phi) is 8.19. The largest absolute Gasteiger partial charge is 0.314 e. The van der Waals surface area contributed by atoms with Crippen molar-refractivity contribution >= 4 is 24.8 Å². The summed E-state index contributed by atoms with van der Waals surface area (Å²) in [5, 5.41) is 3.38. The van der Waals surface area contributed by atoms with Gasteiger partial charge in [0.25, 0.3) is 0 Å². The van der Waals surface area contributed by atoms with E-state index in [2.05, 4.69) is 37.1 Å². The Labute approximate surface area is 140 Å². The van der Waals surface area contributed by atoms with E-state index in [1.807, 2.05) is 13.0 Å². The summed E-state index contributed by atoms with van der Waals surface area (Å²) in [4.78, 5) is 2.48. The number of hydrogen-bond donors (Lipinski definition) is 1. The number of nitrogens with zero attached hydrogens (tertiary/aromatic N) is 1. The number of piperazine rings is 1. The van der Waals surface area contributed by atoms with E-state index in [0.717, 1.165) is 37.3 Å². The van der Waals surface area contributed by atoms with Gasteiger partial charge in [-0.2, -0.15) is 0 Å². The molecule has 1 aromatic carbocycles. The molecule has 0 amide bonds. The van der Waals surface area contributed by atoms with Gasteiger partial charge in [-0.1, -0.05) is 32.9 Å². The van der Waals surface area contributed by atoms with E-state index < -0.39 is 0 Å². The van der Waals surface area contributed by atoms with Crippen LogP contribution in [0.3, 0.4) is 0 Å². The van der Waals surface area contributed by atoms with Crippen LogP contribution in [0, 0.1) is 18.2 Å². The molecule has 1 aromatic rings. The van der Waals surface area contributed by atoms with Crippen molar-refractivity contribution in [2.24, 2.45) is 5.41 Å². The van der Waals surface area contributed by atoms with Crippen LogP contribution >= 0.6 is 24.8 Å². The highest BCUT2D eigenvalue weighted by molar-refractivity contribution is 5.85. The zero-order chi connectivity index (χ0) is 14.0. The van der Waals surface area contributed by atoms with Crippen molar-refractivity contribution < 1.29 is 4.39 Å². The molecule has 1 fully saturated rings. The smallest absolute Gasteiger partial charge is 0.126 e. The van der Waals surface area contributed by atoms with Crippen LogP contribution in [-0.4, -0.2) is 31.1 Å². The fourth-order valence-corrected chi connectivity index (χ4v) is 3.07. The SMILES string of the molecule is Cc1c(F)cccc1[C@@H](N1CCNCC1)C(C)(C)C.Cl.Cl. The lowest BCUT2D eigenvalue weighted by atomic mass is 9.79. The number of nitrogens with one attached hydrogen (secondary N) is 1. The molecule has 0 saturated carbocycles. The molecule has 5 heteroatoms. The predicted molar refractivity (Wildman–Crippen MR) is 92.3 cm³/mol. The third-order valence-corrected chi connectivity index (χ3v) is 3.94. The van der Waals surface area contributed by atoms with Gasteiger partial charge in [0.05, 0.1) is 0 Å². The van der Waals surface area contributed by atoms with Crippen molar-refractivity contribution in [3.63, 3.8) is 0 Å². The fraction of sp³-hybridized carbons (Fsp3) is 0.625. The van der Waals surface area contributed by atoms with Crippen LogP contribution in [0.5, 0.6) is 0 Å².